The minimum absolute atomic E-state index is 0.246. The highest BCUT2D eigenvalue weighted by Crippen LogP contribution is 2.16. The van der Waals surface area contributed by atoms with Crippen molar-refractivity contribution >= 4 is 12.9 Å². The van der Waals surface area contributed by atoms with E-state index in [4.69, 9.17) is 10.1 Å². The van der Waals surface area contributed by atoms with Gasteiger partial charge in [0.25, 0.3) is 0 Å². The van der Waals surface area contributed by atoms with Crippen molar-refractivity contribution in [1.29, 1.82) is 0 Å². The van der Waals surface area contributed by atoms with Crippen molar-refractivity contribution in [2.75, 3.05) is 0 Å². The SMILES string of the molecule is O[B]c1ccc(F)c(O)c1F. The van der Waals surface area contributed by atoms with Gasteiger partial charge in [0.1, 0.15) is 0 Å². The Kier molecular flexibility index (Phi) is 2.09. The monoisotopic (exact) mass is 157 g/mol. The van der Waals surface area contributed by atoms with Gasteiger partial charge in [0.15, 0.2) is 17.4 Å². The lowest BCUT2D eigenvalue weighted by Crippen LogP contribution is -2.18. The summed E-state index contributed by atoms with van der Waals surface area (Å²) in [6.45, 7) is 0. The third-order valence-electron chi connectivity index (χ3n) is 1.24. The van der Waals surface area contributed by atoms with Crippen molar-refractivity contribution in [3.05, 3.63) is 23.8 Å². The Morgan fingerprint density at radius 1 is 1.27 bits per heavy atom. The van der Waals surface area contributed by atoms with E-state index in [1.54, 1.807) is 0 Å². The molecule has 11 heavy (non-hydrogen) atoms. The zero-order valence-corrected chi connectivity index (χ0v) is 5.38. The number of hydrogen-bond donors (Lipinski definition) is 2. The summed E-state index contributed by atoms with van der Waals surface area (Å²) in [5, 5.41) is 17.0. The van der Waals surface area contributed by atoms with Crippen LogP contribution in [0.1, 0.15) is 0 Å². The molecule has 1 aromatic rings. The van der Waals surface area contributed by atoms with Crippen LogP contribution < -0.4 is 5.46 Å². The fraction of sp³-hybridized carbons (Fsp3) is 0. The van der Waals surface area contributed by atoms with Gasteiger partial charge in [0, 0.05) is 0 Å². The van der Waals surface area contributed by atoms with Crippen LogP contribution in [0.15, 0.2) is 12.1 Å². The van der Waals surface area contributed by atoms with Gasteiger partial charge in [-0.2, -0.15) is 0 Å². The third-order valence-corrected chi connectivity index (χ3v) is 1.24. The van der Waals surface area contributed by atoms with E-state index in [9.17, 15) is 8.78 Å². The summed E-state index contributed by atoms with van der Waals surface area (Å²) in [4.78, 5) is 0. The van der Waals surface area contributed by atoms with Crippen LogP contribution >= 0.6 is 0 Å². The topological polar surface area (TPSA) is 40.5 Å². The van der Waals surface area contributed by atoms with E-state index in [0.717, 1.165) is 12.1 Å². The van der Waals surface area contributed by atoms with E-state index >= 15 is 0 Å². The Labute approximate surface area is 62.4 Å². The minimum Gasteiger partial charge on any atom is -0.503 e. The number of halogens is 2. The number of benzene rings is 1. The quantitative estimate of drug-likeness (QED) is 0.559. The molecule has 0 fully saturated rings. The second kappa shape index (κ2) is 2.88. The average molecular weight is 157 g/mol. The second-order valence-electron chi connectivity index (χ2n) is 1.93. The van der Waals surface area contributed by atoms with Crippen molar-refractivity contribution in [3.8, 4) is 5.75 Å². The first kappa shape index (κ1) is 8.01. The normalized spacial score (nSPS) is 9.73. The van der Waals surface area contributed by atoms with Gasteiger partial charge in [-0.05, 0) is 11.5 Å². The van der Waals surface area contributed by atoms with Crippen molar-refractivity contribution < 1.29 is 18.9 Å². The van der Waals surface area contributed by atoms with Gasteiger partial charge in [0.05, 0.1) is 0 Å². The second-order valence-corrected chi connectivity index (χ2v) is 1.93. The van der Waals surface area contributed by atoms with Gasteiger partial charge in [-0.15, -0.1) is 0 Å². The maximum Gasteiger partial charge on any atom is 0.329 e. The third kappa shape index (κ3) is 1.32. The van der Waals surface area contributed by atoms with Crippen LogP contribution in [0.25, 0.3) is 0 Å². The van der Waals surface area contributed by atoms with Gasteiger partial charge in [-0.1, -0.05) is 6.07 Å². The molecule has 0 atom stereocenters. The smallest absolute Gasteiger partial charge is 0.329 e. The first-order valence-electron chi connectivity index (χ1n) is 2.81. The lowest BCUT2D eigenvalue weighted by molar-refractivity contribution is 0.398. The van der Waals surface area contributed by atoms with Crippen LogP contribution in [0.2, 0.25) is 0 Å². The van der Waals surface area contributed by atoms with Crippen molar-refractivity contribution in [1.82, 2.24) is 0 Å². The Morgan fingerprint density at radius 3 is 2.45 bits per heavy atom. The van der Waals surface area contributed by atoms with Crippen molar-refractivity contribution in [2.24, 2.45) is 0 Å². The zero-order valence-electron chi connectivity index (χ0n) is 5.38. The molecule has 0 aromatic heterocycles. The maximum absolute atomic E-state index is 12.6. The van der Waals surface area contributed by atoms with Crippen LogP contribution in [0.3, 0.4) is 0 Å². The van der Waals surface area contributed by atoms with E-state index < -0.39 is 17.4 Å². The first-order valence-corrected chi connectivity index (χ1v) is 2.81. The molecule has 0 amide bonds. The lowest BCUT2D eigenvalue weighted by atomic mass is 9.88. The van der Waals surface area contributed by atoms with E-state index in [1.807, 2.05) is 0 Å². The van der Waals surface area contributed by atoms with E-state index in [2.05, 4.69) is 0 Å². The summed E-state index contributed by atoms with van der Waals surface area (Å²) >= 11 is 0. The van der Waals surface area contributed by atoms with Crippen LogP contribution in [-0.4, -0.2) is 17.6 Å². The molecule has 0 spiro atoms. The largest absolute Gasteiger partial charge is 0.503 e. The fourth-order valence-corrected chi connectivity index (χ4v) is 0.656. The standard InChI is InChI=1S/C6H4BF2O2/c8-4-2-1-3(7-11)5(9)6(4)10/h1-2,10-11H. The fourth-order valence-electron chi connectivity index (χ4n) is 0.656. The zero-order chi connectivity index (χ0) is 8.43. The number of aromatic hydroxyl groups is 1. The van der Waals surface area contributed by atoms with Crippen LogP contribution in [0, 0.1) is 11.6 Å². The summed E-state index contributed by atoms with van der Waals surface area (Å²) in [5.74, 6) is -3.28. The molecule has 0 aliphatic rings. The molecule has 1 radical (unpaired) electrons. The molecule has 2 N–H and O–H groups in total. The molecule has 1 aromatic carbocycles. The van der Waals surface area contributed by atoms with Gasteiger partial charge >= 0.3 is 7.48 Å². The highest BCUT2D eigenvalue weighted by molar-refractivity contribution is 6.45. The molecular weight excluding hydrogens is 153 g/mol. The molecule has 0 saturated heterocycles. The number of rotatable bonds is 1. The Hall–Kier alpha value is -1.10. The summed E-state index contributed by atoms with van der Waals surface area (Å²) < 4.78 is 24.9. The number of phenols is 1. The lowest BCUT2D eigenvalue weighted by Gasteiger charge is -1.99. The Morgan fingerprint density at radius 2 is 1.91 bits per heavy atom. The molecule has 0 bridgehead atoms. The molecule has 2 nitrogen and oxygen atoms in total. The van der Waals surface area contributed by atoms with Gasteiger partial charge in [-0.3, -0.25) is 0 Å². The predicted molar refractivity (Wildman–Crippen MR) is 35.6 cm³/mol. The van der Waals surface area contributed by atoms with Gasteiger partial charge in [-0.25, -0.2) is 8.78 Å². The molecule has 57 valence electrons. The summed E-state index contributed by atoms with van der Waals surface area (Å²) in [6.07, 6.45) is 0. The van der Waals surface area contributed by atoms with E-state index in [-0.39, 0.29) is 5.46 Å². The summed E-state index contributed by atoms with van der Waals surface area (Å²) in [5.41, 5.74) is -0.246. The average Bonchev–Trinajstić information content (AvgIpc) is 2.01. The van der Waals surface area contributed by atoms with Crippen LogP contribution in [0.4, 0.5) is 8.78 Å². The minimum atomic E-state index is -1.16. The predicted octanol–water partition coefficient (Wildman–Crippen LogP) is -0.0928. The summed E-state index contributed by atoms with van der Waals surface area (Å²) in [7, 11) is 0.453. The molecule has 1 rings (SSSR count). The Balaban J connectivity index is 3.25. The van der Waals surface area contributed by atoms with Crippen LogP contribution in [0.5, 0.6) is 5.75 Å². The molecule has 0 heterocycles. The first-order chi connectivity index (χ1) is 5.16. The Bertz CT molecular complexity index is 278. The van der Waals surface area contributed by atoms with Gasteiger partial charge in [0.2, 0.25) is 0 Å². The number of hydrogen-bond acceptors (Lipinski definition) is 2. The number of phenolic OH excluding ortho intramolecular Hbond substituents is 1. The van der Waals surface area contributed by atoms with Crippen molar-refractivity contribution in [2.45, 2.75) is 0 Å². The summed E-state index contributed by atoms with van der Waals surface area (Å²) in [6, 6.07) is 1.88. The molecular formula is C6H4BF2O2. The molecule has 0 aliphatic carbocycles. The molecule has 0 aliphatic heterocycles. The van der Waals surface area contributed by atoms with Crippen molar-refractivity contribution in [3.63, 3.8) is 0 Å². The highest BCUT2D eigenvalue weighted by Gasteiger charge is 2.11. The molecule has 0 saturated carbocycles. The van der Waals surface area contributed by atoms with Gasteiger partial charge < -0.3 is 10.1 Å². The van der Waals surface area contributed by atoms with Crippen LogP contribution in [-0.2, 0) is 0 Å². The van der Waals surface area contributed by atoms with E-state index in [0.29, 0.717) is 7.48 Å². The molecule has 5 heteroatoms. The molecule has 0 unspecified atom stereocenters. The van der Waals surface area contributed by atoms with E-state index in [1.165, 1.54) is 0 Å². The maximum atomic E-state index is 12.6. The highest BCUT2D eigenvalue weighted by atomic mass is 19.1.